The van der Waals surface area contributed by atoms with Crippen LogP contribution in [0.5, 0.6) is 0 Å². The van der Waals surface area contributed by atoms with Gasteiger partial charge in [0.05, 0.1) is 13.2 Å². The summed E-state index contributed by atoms with van der Waals surface area (Å²) in [7, 11) is 1.24. The summed E-state index contributed by atoms with van der Waals surface area (Å²) in [5.74, 6) is 0. The third-order valence-electron chi connectivity index (χ3n) is 4.04. The summed E-state index contributed by atoms with van der Waals surface area (Å²) in [6.45, 7) is -1.26. The highest BCUT2D eigenvalue weighted by molar-refractivity contribution is 5.93. The molecule has 12 heteroatoms. The Bertz CT molecular complexity index is 457. The summed E-state index contributed by atoms with van der Waals surface area (Å²) >= 11 is 0. The topological polar surface area (TPSA) is 191 Å². The number of hydrogen-bond donors (Lipinski definition) is 7. The van der Waals surface area contributed by atoms with Crippen LogP contribution in [-0.2, 0) is 19.0 Å². The molecule has 0 aromatic heterocycles. The van der Waals surface area contributed by atoms with Gasteiger partial charge in [0.1, 0.15) is 48.4 Å². The second-order valence-corrected chi connectivity index (χ2v) is 5.67. The van der Waals surface area contributed by atoms with Crippen molar-refractivity contribution < 1.29 is 54.8 Å². The third-order valence-corrected chi connectivity index (χ3v) is 4.04. The molecule has 25 heavy (non-hydrogen) atoms. The molecule has 9 atom stereocenters. The summed E-state index contributed by atoms with van der Waals surface area (Å²) in [5.41, 5.74) is -0.291. The van der Waals surface area contributed by atoms with Crippen molar-refractivity contribution in [1.29, 1.82) is 0 Å². The van der Waals surface area contributed by atoms with Gasteiger partial charge in [0, 0.05) is 7.11 Å². The molecule has 0 amide bonds. The van der Waals surface area contributed by atoms with E-state index < -0.39 is 68.5 Å². The smallest absolute Gasteiger partial charge is 0.256 e. The first-order chi connectivity index (χ1) is 11.8. The van der Waals surface area contributed by atoms with Crippen molar-refractivity contribution in [3.63, 3.8) is 0 Å². The molecule has 7 N–H and O–H groups in total. The first-order valence-electron chi connectivity index (χ1n) is 7.55. The largest absolute Gasteiger partial charge is 0.394 e. The van der Waals surface area contributed by atoms with Crippen molar-refractivity contribution in [2.45, 2.75) is 55.3 Å². The van der Waals surface area contributed by atoms with Gasteiger partial charge in [-0.25, -0.2) is 0 Å². The molecule has 2 saturated heterocycles. The van der Waals surface area contributed by atoms with Crippen LogP contribution in [-0.4, -0.2) is 117 Å². The molecule has 0 unspecified atom stereocenters. The minimum Gasteiger partial charge on any atom is -0.394 e. The Morgan fingerprint density at radius 2 is 1.56 bits per heavy atom. The molecule has 0 aromatic rings. The van der Waals surface area contributed by atoms with Crippen molar-refractivity contribution in [2.75, 3.05) is 20.3 Å². The van der Waals surface area contributed by atoms with Crippen LogP contribution in [0.2, 0.25) is 0 Å². The Morgan fingerprint density at radius 1 is 0.880 bits per heavy atom. The molecule has 2 fully saturated rings. The van der Waals surface area contributed by atoms with Gasteiger partial charge >= 0.3 is 0 Å². The monoisotopic (exact) mass is 369 g/mol. The highest BCUT2D eigenvalue weighted by Crippen LogP contribution is 2.24. The lowest BCUT2D eigenvalue weighted by Crippen LogP contribution is -2.59. The predicted molar refractivity (Wildman–Crippen MR) is 77.1 cm³/mol. The first kappa shape index (κ1) is 20.4. The SMILES string of the molecule is CO[C@H]1O[C@H](CO)/C(=N\O[C@@H]2O[C@H](CO)[C@@H](O)[C@H](O)[C@H]2O)[C@H](O)[C@H]1O. The summed E-state index contributed by atoms with van der Waals surface area (Å²) < 4.78 is 15.1. The fraction of sp³-hybridized carbons (Fsp3) is 0.923. The fourth-order valence-electron chi connectivity index (χ4n) is 2.54. The maximum atomic E-state index is 10.1. The average molecular weight is 369 g/mol. The van der Waals surface area contributed by atoms with Gasteiger partial charge in [-0.3, -0.25) is 0 Å². The highest BCUT2D eigenvalue weighted by Gasteiger charge is 2.46. The molecule has 2 aliphatic heterocycles. The van der Waals surface area contributed by atoms with Gasteiger partial charge in [-0.15, -0.1) is 0 Å². The molecular weight excluding hydrogens is 346 g/mol. The molecule has 2 rings (SSSR count). The Kier molecular flexibility index (Phi) is 7.04. The van der Waals surface area contributed by atoms with E-state index in [1.54, 1.807) is 0 Å². The van der Waals surface area contributed by atoms with Crippen molar-refractivity contribution in [3.8, 4) is 0 Å². The van der Waals surface area contributed by atoms with Crippen LogP contribution in [0.1, 0.15) is 0 Å². The van der Waals surface area contributed by atoms with E-state index in [4.69, 9.17) is 24.2 Å². The quantitative estimate of drug-likeness (QED) is 0.230. The number of ether oxygens (including phenoxy) is 3. The van der Waals surface area contributed by atoms with Crippen LogP contribution < -0.4 is 0 Å². The zero-order valence-electron chi connectivity index (χ0n) is 13.3. The average Bonchev–Trinajstić information content (AvgIpc) is 2.62. The van der Waals surface area contributed by atoms with Crippen LogP contribution in [0, 0.1) is 0 Å². The molecule has 0 aromatic carbocycles. The zero-order valence-corrected chi connectivity index (χ0v) is 13.3. The van der Waals surface area contributed by atoms with Crippen molar-refractivity contribution in [3.05, 3.63) is 0 Å². The molecular formula is C13H23NO11. The van der Waals surface area contributed by atoms with Crippen molar-refractivity contribution in [1.82, 2.24) is 0 Å². The van der Waals surface area contributed by atoms with Gasteiger partial charge in [0.15, 0.2) is 6.29 Å². The second-order valence-electron chi connectivity index (χ2n) is 5.67. The fourth-order valence-corrected chi connectivity index (χ4v) is 2.54. The zero-order chi connectivity index (χ0) is 18.7. The Hall–Kier alpha value is -0.930. The summed E-state index contributed by atoms with van der Waals surface area (Å²) in [5, 5.41) is 71.1. The number of nitrogens with zero attached hydrogens (tertiary/aromatic N) is 1. The molecule has 146 valence electrons. The van der Waals surface area contributed by atoms with E-state index in [0.717, 1.165) is 0 Å². The van der Waals surface area contributed by atoms with Gasteiger partial charge in [0.25, 0.3) is 6.29 Å². The lowest BCUT2D eigenvalue weighted by Gasteiger charge is -2.39. The maximum absolute atomic E-state index is 10.1. The minimum absolute atomic E-state index is 0.291. The van der Waals surface area contributed by atoms with Crippen LogP contribution in [0.4, 0.5) is 0 Å². The molecule has 0 spiro atoms. The Balaban J connectivity index is 2.13. The van der Waals surface area contributed by atoms with E-state index in [0.29, 0.717) is 0 Å². The number of hydrogen-bond acceptors (Lipinski definition) is 12. The number of methoxy groups -OCH3 is 1. The van der Waals surface area contributed by atoms with Crippen LogP contribution >= 0.6 is 0 Å². The molecule has 0 radical (unpaired) electrons. The number of aliphatic hydroxyl groups excluding tert-OH is 7. The van der Waals surface area contributed by atoms with Gasteiger partial charge < -0.3 is 54.8 Å². The lowest BCUT2D eigenvalue weighted by atomic mass is 9.99. The van der Waals surface area contributed by atoms with E-state index in [1.165, 1.54) is 7.11 Å². The second kappa shape index (κ2) is 8.64. The van der Waals surface area contributed by atoms with Crippen LogP contribution in [0.15, 0.2) is 5.16 Å². The molecule has 0 saturated carbocycles. The van der Waals surface area contributed by atoms with E-state index >= 15 is 0 Å². The van der Waals surface area contributed by atoms with Gasteiger partial charge in [0.2, 0.25) is 0 Å². The highest BCUT2D eigenvalue weighted by atomic mass is 16.8. The predicted octanol–water partition coefficient (Wildman–Crippen LogP) is -4.76. The molecule has 2 heterocycles. The minimum atomic E-state index is -1.70. The third kappa shape index (κ3) is 4.09. The Labute approximate surface area is 142 Å². The van der Waals surface area contributed by atoms with Gasteiger partial charge in [-0.2, -0.15) is 0 Å². The summed E-state index contributed by atoms with van der Waals surface area (Å²) in [6.07, 6.45) is -13.2. The van der Waals surface area contributed by atoms with Crippen molar-refractivity contribution >= 4 is 5.71 Å². The van der Waals surface area contributed by atoms with Gasteiger partial charge in [-0.05, 0) is 0 Å². The molecule has 12 nitrogen and oxygen atoms in total. The molecule has 0 aliphatic carbocycles. The number of oxime groups is 1. The number of rotatable bonds is 5. The summed E-state index contributed by atoms with van der Waals surface area (Å²) in [4.78, 5) is 4.94. The van der Waals surface area contributed by atoms with E-state index in [2.05, 4.69) is 5.16 Å². The lowest BCUT2D eigenvalue weighted by molar-refractivity contribution is -0.302. The first-order valence-corrected chi connectivity index (χ1v) is 7.55. The van der Waals surface area contributed by atoms with Gasteiger partial charge in [-0.1, -0.05) is 5.16 Å². The normalized spacial score (nSPS) is 47.0. The van der Waals surface area contributed by atoms with Crippen LogP contribution in [0.25, 0.3) is 0 Å². The standard InChI is InChI=1S/C13H23NO11/c1-22-12-10(20)8(18)6(4(2-15)23-12)14-25-13-11(21)9(19)7(17)5(3-16)24-13/h4-5,7-13,15-21H,2-3H2,1H3/b14-6+/t4-,5-,7-,8+,9+,10-,11-,12+,13+/m1/s1. The summed E-state index contributed by atoms with van der Waals surface area (Å²) in [6, 6.07) is 0. The molecule has 2 aliphatic rings. The van der Waals surface area contributed by atoms with E-state index in [9.17, 15) is 30.6 Å². The molecule has 0 bridgehead atoms. The Morgan fingerprint density at radius 3 is 2.12 bits per heavy atom. The van der Waals surface area contributed by atoms with Crippen LogP contribution in [0.3, 0.4) is 0 Å². The maximum Gasteiger partial charge on any atom is 0.256 e. The van der Waals surface area contributed by atoms with Crippen molar-refractivity contribution in [2.24, 2.45) is 5.16 Å². The van der Waals surface area contributed by atoms with E-state index in [1.807, 2.05) is 0 Å². The van der Waals surface area contributed by atoms with E-state index in [-0.39, 0.29) is 5.71 Å². The number of aliphatic hydroxyl groups is 7.